The van der Waals surface area contributed by atoms with Crippen LogP contribution in [-0.2, 0) is 16.0 Å². The number of anilines is 1. The zero-order valence-corrected chi connectivity index (χ0v) is 18.5. The van der Waals surface area contributed by atoms with Crippen molar-refractivity contribution in [2.45, 2.75) is 37.3 Å². The number of aliphatic carboxylic acids is 2. The van der Waals surface area contributed by atoms with Crippen molar-refractivity contribution >= 4 is 17.9 Å². The van der Waals surface area contributed by atoms with E-state index in [1.165, 1.54) is 5.56 Å². The van der Waals surface area contributed by atoms with Gasteiger partial charge in [0.15, 0.2) is 0 Å². The van der Waals surface area contributed by atoms with Crippen molar-refractivity contribution in [3.8, 4) is 0 Å². The third-order valence-electron chi connectivity index (χ3n) is 4.64. The van der Waals surface area contributed by atoms with Gasteiger partial charge < -0.3 is 20.0 Å². The number of hydrogen-bond acceptors (Lipinski definition) is 7. The molecule has 15 heteroatoms. The molecule has 1 aliphatic rings. The van der Waals surface area contributed by atoms with E-state index < -0.39 is 24.3 Å². The number of aromatic nitrogens is 3. The van der Waals surface area contributed by atoms with Crippen molar-refractivity contribution in [3.05, 3.63) is 48.5 Å². The number of alkyl halides is 6. The second-order valence-electron chi connectivity index (χ2n) is 7.30. The molecule has 3 rings (SSSR count). The lowest BCUT2D eigenvalue weighted by Gasteiger charge is -2.31. The van der Waals surface area contributed by atoms with Crippen LogP contribution in [0.25, 0.3) is 0 Å². The number of carboxylic acids is 2. The molecule has 9 nitrogen and oxygen atoms in total. The van der Waals surface area contributed by atoms with Gasteiger partial charge in [-0.2, -0.15) is 26.3 Å². The fraction of sp³-hybridized carbons (Fsp3) is 0.450. The summed E-state index contributed by atoms with van der Waals surface area (Å²) in [6.07, 6.45) is -0.668. The summed E-state index contributed by atoms with van der Waals surface area (Å²) in [5.41, 5.74) is 1.26. The summed E-state index contributed by atoms with van der Waals surface area (Å²) in [6.45, 7) is 0.998. The van der Waals surface area contributed by atoms with Crippen molar-refractivity contribution in [1.29, 1.82) is 0 Å². The van der Waals surface area contributed by atoms with Gasteiger partial charge in [-0.1, -0.05) is 6.07 Å². The third kappa shape index (κ3) is 10.1. The minimum atomic E-state index is -5.08. The number of nitrogens with zero attached hydrogens (tertiary/aromatic N) is 5. The van der Waals surface area contributed by atoms with Crippen molar-refractivity contribution in [3.63, 3.8) is 0 Å². The molecule has 2 atom stereocenters. The molecule has 0 amide bonds. The molecule has 194 valence electrons. The maximum atomic E-state index is 10.6. The lowest BCUT2D eigenvalue weighted by Crippen LogP contribution is -2.44. The number of hydrogen-bond donors (Lipinski definition) is 2. The maximum Gasteiger partial charge on any atom is 0.490 e. The Morgan fingerprint density at radius 1 is 1.00 bits per heavy atom. The van der Waals surface area contributed by atoms with Crippen LogP contribution in [0.4, 0.5) is 32.3 Å². The summed E-state index contributed by atoms with van der Waals surface area (Å²) >= 11 is 0. The van der Waals surface area contributed by atoms with E-state index in [-0.39, 0.29) is 0 Å². The lowest BCUT2D eigenvalue weighted by molar-refractivity contribution is -0.193. The molecule has 0 unspecified atom stereocenters. The fourth-order valence-corrected chi connectivity index (χ4v) is 3.13. The fourth-order valence-electron chi connectivity index (χ4n) is 3.13. The highest BCUT2D eigenvalue weighted by molar-refractivity contribution is 5.73. The number of halogens is 6. The quantitative estimate of drug-likeness (QED) is 0.597. The van der Waals surface area contributed by atoms with Crippen molar-refractivity contribution < 1.29 is 46.1 Å². The first kappa shape index (κ1) is 29.5. The van der Waals surface area contributed by atoms with Gasteiger partial charge in [0.2, 0.25) is 5.95 Å². The minimum absolute atomic E-state index is 0.381. The molecule has 2 N–H and O–H groups in total. The van der Waals surface area contributed by atoms with Gasteiger partial charge in [0.1, 0.15) is 0 Å². The van der Waals surface area contributed by atoms with Crippen LogP contribution in [0.15, 0.2) is 43.0 Å². The Bertz CT molecular complexity index is 905. The van der Waals surface area contributed by atoms with Crippen LogP contribution in [0.3, 0.4) is 0 Å². The molecule has 0 aliphatic carbocycles. The zero-order valence-electron chi connectivity index (χ0n) is 18.5. The molecule has 3 heterocycles. The van der Waals surface area contributed by atoms with Crippen LogP contribution in [0, 0.1) is 0 Å². The highest BCUT2D eigenvalue weighted by Gasteiger charge is 2.39. The number of pyridine rings is 1. The molecule has 2 aromatic heterocycles. The first-order valence-corrected chi connectivity index (χ1v) is 9.83. The summed E-state index contributed by atoms with van der Waals surface area (Å²) in [5, 5.41) is 14.2. The second-order valence-corrected chi connectivity index (χ2v) is 7.30. The molecule has 0 spiro atoms. The smallest absolute Gasteiger partial charge is 0.475 e. The average molecular weight is 511 g/mol. The number of likely N-dealkylation sites (N-methyl/N-ethyl adjacent to an activating group) is 1. The van der Waals surface area contributed by atoms with Gasteiger partial charge >= 0.3 is 24.3 Å². The summed E-state index contributed by atoms with van der Waals surface area (Å²) in [6, 6.07) is 6.89. The average Bonchev–Trinajstić information content (AvgIpc) is 3.18. The van der Waals surface area contributed by atoms with E-state index in [1.54, 1.807) is 0 Å². The van der Waals surface area contributed by atoms with E-state index in [9.17, 15) is 26.3 Å². The van der Waals surface area contributed by atoms with Crippen LogP contribution in [0.5, 0.6) is 0 Å². The summed E-state index contributed by atoms with van der Waals surface area (Å²) in [7, 11) is 4.30. The van der Waals surface area contributed by atoms with Crippen molar-refractivity contribution in [1.82, 2.24) is 19.9 Å². The van der Waals surface area contributed by atoms with Gasteiger partial charge in [0.05, 0.1) is 6.04 Å². The standard InChI is InChI=1S/C16H21N5.2C2HF3O2/c1-20(2)14-6-10-21(16-18-8-4-9-19-16)15(14)11-13-5-3-7-17-12-13;2*3-2(4,5)1(6)7/h3-5,7-9,12,14-15H,6,10-11H2,1-2H3;2*(H,6,7)/t14-,15+;;/m1../s1. The Balaban J connectivity index is 0.000000362. The molecule has 2 aromatic rings. The highest BCUT2D eigenvalue weighted by Crippen LogP contribution is 2.27. The van der Waals surface area contributed by atoms with Crippen LogP contribution < -0.4 is 4.90 Å². The third-order valence-corrected chi connectivity index (χ3v) is 4.64. The van der Waals surface area contributed by atoms with Crippen LogP contribution in [0.1, 0.15) is 12.0 Å². The Labute approximate surface area is 196 Å². The van der Waals surface area contributed by atoms with E-state index in [2.05, 4.69) is 44.9 Å². The molecule has 1 saturated heterocycles. The van der Waals surface area contributed by atoms with Crippen LogP contribution in [-0.4, -0.2) is 87.1 Å². The molecule has 0 aromatic carbocycles. The number of carbonyl (C=O) groups is 2. The number of rotatable bonds is 4. The SMILES string of the molecule is CN(C)[C@@H]1CCN(c2ncccn2)[C@H]1Cc1cccnc1.O=C(O)C(F)(F)F.O=C(O)C(F)(F)F. The molecule has 1 aliphatic heterocycles. The zero-order chi connectivity index (χ0) is 26.8. The van der Waals surface area contributed by atoms with Crippen LogP contribution in [0.2, 0.25) is 0 Å². The molecular formula is C20H23F6N5O4. The molecule has 1 fully saturated rings. The maximum absolute atomic E-state index is 10.6. The highest BCUT2D eigenvalue weighted by atomic mass is 19.4. The van der Waals surface area contributed by atoms with Gasteiger partial charge in [-0.15, -0.1) is 0 Å². The van der Waals surface area contributed by atoms with E-state index in [0.717, 1.165) is 25.3 Å². The van der Waals surface area contributed by atoms with Gasteiger partial charge in [-0.25, -0.2) is 19.6 Å². The second kappa shape index (κ2) is 12.8. The summed E-state index contributed by atoms with van der Waals surface area (Å²) in [4.78, 5) is 35.5. The first-order chi connectivity index (χ1) is 16.1. The summed E-state index contributed by atoms with van der Waals surface area (Å²) < 4.78 is 63.5. The van der Waals surface area contributed by atoms with E-state index in [1.807, 2.05) is 36.9 Å². The minimum Gasteiger partial charge on any atom is -0.475 e. The Kier molecular flexibility index (Phi) is 10.8. The molecule has 0 saturated carbocycles. The van der Waals surface area contributed by atoms with Crippen molar-refractivity contribution in [2.75, 3.05) is 25.5 Å². The van der Waals surface area contributed by atoms with Gasteiger partial charge in [-0.05, 0) is 44.6 Å². The van der Waals surface area contributed by atoms with Crippen LogP contribution >= 0.6 is 0 Å². The molecule has 0 radical (unpaired) electrons. The lowest BCUT2D eigenvalue weighted by atomic mass is 10.0. The normalized spacial score (nSPS) is 17.7. The van der Waals surface area contributed by atoms with Gasteiger partial charge in [0, 0.05) is 37.4 Å². The Hall–Kier alpha value is -3.49. The van der Waals surface area contributed by atoms with E-state index in [0.29, 0.717) is 12.1 Å². The number of carboxylic acid groups (broad SMARTS) is 2. The molecule has 0 bridgehead atoms. The van der Waals surface area contributed by atoms with Gasteiger partial charge in [-0.3, -0.25) is 4.98 Å². The van der Waals surface area contributed by atoms with E-state index >= 15 is 0 Å². The molecule has 35 heavy (non-hydrogen) atoms. The largest absolute Gasteiger partial charge is 0.490 e. The predicted molar refractivity (Wildman–Crippen MR) is 111 cm³/mol. The predicted octanol–water partition coefficient (Wildman–Crippen LogP) is 2.89. The van der Waals surface area contributed by atoms with Gasteiger partial charge in [0.25, 0.3) is 0 Å². The first-order valence-electron chi connectivity index (χ1n) is 9.83. The Morgan fingerprint density at radius 2 is 1.51 bits per heavy atom. The van der Waals surface area contributed by atoms with E-state index in [4.69, 9.17) is 19.8 Å². The summed E-state index contributed by atoms with van der Waals surface area (Å²) in [5.74, 6) is -4.68. The molecular weight excluding hydrogens is 488 g/mol. The Morgan fingerprint density at radius 3 is 1.91 bits per heavy atom. The topological polar surface area (TPSA) is 120 Å². The van der Waals surface area contributed by atoms with Crippen molar-refractivity contribution in [2.24, 2.45) is 0 Å². The monoisotopic (exact) mass is 511 g/mol.